The van der Waals surface area contributed by atoms with Crippen molar-refractivity contribution in [2.75, 3.05) is 6.61 Å². The Labute approximate surface area is 66.7 Å². The fourth-order valence-electron chi connectivity index (χ4n) is 0.0962. The van der Waals surface area contributed by atoms with Gasteiger partial charge in [0.2, 0.25) is 0 Å². The van der Waals surface area contributed by atoms with Crippen LogP contribution in [-0.2, 0) is 19.4 Å². The van der Waals surface area contributed by atoms with Crippen molar-refractivity contribution in [2.24, 2.45) is 0 Å². The molecule has 5 heteroatoms. The molecule has 1 rings (SSSR count). The summed E-state index contributed by atoms with van der Waals surface area (Å²) >= 11 is -1.92. The van der Waals surface area contributed by atoms with Gasteiger partial charge in [0.05, 0.1) is 12.7 Å². The number of epoxide rings is 1. The molecule has 1 atom stereocenters. The molecule has 0 spiro atoms. The van der Waals surface area contributed by atoms with Gasteiger partial charge in [-0.05, 0) is 6.92 Å². The van der Waals surface area contributed by atoms with E-state index in [1.807, 2.05) is 0 Å². The topological polar surface area (TPSA) is 12.5 Å². The zero-order chi connectivity index (χ0) is 6.57. The second-order valence-electron chi connectivity index (χ2n) is 1.36. The number of ether oxygens (including phenoxy) is 1. The summed E-state index contributed by atoms with van der Waals surface area (Å²) in [5.41, 5.74) is 0. The van der Waals surface area contributed by atoms with Crippen LogP contribution in [0.3, 0.4) is 0 Å². The normalized spacial score (nSPS) is 23.2. The van der Waals surface area contributed by atoms with Crippen LogP contribution in [0.15, 0.2) is 0 Å². The summed E-state index contributed by atoms with van der Waals surface area (Å²) in [5, 5.41) is 0. The summed E-state index contributed by atoms with van der Waals surface area (Å²) in [6.45, 7) is 3.04. The predicted molar refractivity (Wildman–Crippen MR) is 33.0 cm³/mol. The monoisotopic (exact) mass is 211 g/mol. The molecule has 1 unspecified atom stereocenters. The molecular formula is C3H6Cl3OTi. The maximum atomic E-state index is 4.97. The van der Waals surface area contributed by atoms with Crippen molar-refractivity contribution in [3.8, 4) is 0 Å². The summed E-state index contributed by atoms with van der Waals surface area (Å²) in [5.74, 6) is 0. The molecule has 0 aromatic rings. The summed E-state index contributed by atoms with van der Waals surface area (Å²) in [6, 6.07) is 0. The zero-order valence-electron chi connectivity index (χ0n) is 4.33. The van der Waals surface area contributed by atoms with Gasteiger partial charge in [0.25, 0.3) is 0 Å². The molecule has 0 aromatic heterocycles. The van der Waals surface area contributed by atoms with Gasteiger partial charge in [-0.3, -0.25) is 0 Å². The Bertz CT molecular complexity index is 53.7. The van der Waals surface area contributed by atoms with Crippen molar-refractivity contribution in [2.45, 2.75) is 13.0 Å². The van der Waals surface area contributed by atoms with Crippen molar-refractivity contribution < 1.29 is 19.4 Å². The third-order valence-corrected chi connectivity index (χ3v) is 0.500. The first-order valence-corrected chi connectivity index (χ1v) is 8.52. The van der Waals surface area contributed by atoms with Crippen LogP contribution < -0.4 is 0 Å². The van der Waals surface area contributed by atoms with Crippen molar-refractivity contribution >= 4 is 27.9 Å². The fraction of sp³-hybridized carbons (Fsp3) is 1.00. The predicted octanol–water partition coefficient (Wildman–Crippen LogP) is 2.47. The molecule has 1 aliphatic heterocycles. The summed E-state index contributed by atoms with van der Waals surface area (Å²) < 4.78 is 4.71. The van der Waals surface area contributed by atoms with E-state index in [0.29, 0.717) is 6.10 Å². The van der Waals surface area contributed by atoms with Crippen molar-refractivity contribution in [1.29, 1.82) is 0 Å². The Morgan fingerprint density at radius 1 is 1.50 bits per heavy atom. The molecule has 1 heterocycles. The Balaban J connectivity index is 0.000000122. The summed E-state index contributed by atoms with van der Waals surface area (Å²) in [6.07, 6.45) is 0.583. The van der Waals surface area contributed by atoms with E-state index in [0.717, 1.165) is 6.61 Å². The van der Waals surface area contributed by atoms with Crippen LogP contribution >= 0.6 is 27.9 Å². The minimum absolute atomic E-state index is 0.583. The first-order chi connectivity index (χ1) is 3.63. The average molecular weight is 212 g/mol. The van der Waals surface area contributed by atoms with Crippen molar-refractivity contribution in [3.05, 3.63) is 0 Å². The SMILES string of the molecule is CC1CO1.[Cl][Ti]([Cl])[Cl]. The second-order valence-corrected chi connectivity index (χ2v) is 9.10. The fourth-order valence-corrected chi connectivity index (χ4v) is 0.0962. The molecule has 0 amide bonds. The summed E-state index contributed by atoms with van der Waals surface area (Å²) in [4.78, 5) is 0. The maximum absolute atomic E-state index is 4.97. The van der Waals surface area contributed by atoms with Crippen LogP contribution in [0.2, 0.25) is 0 Å². The van der Waals surface area contributed by atoms with Gasteiger partial charge in [-0.2, -0.15) is 0 Å². The van der Waals surface area contributed by atoms with E-state index in [1.165, 1.54) is 0 Å². The molecule has 0 aliphatic carbocycles. The van der Waals surface area contributed by atoms with Gasteiger partial charge >= 0.3 is 42.6 Å². The Morgan fingerprint density at radius 2 is 1.62 bits per heavy atom. The molecular weight excluding hydrogens is 206 g/mol. The quantitative estimate of drug-likeness (QED) is 0.444. The van der Waals surface area contributed by atoms with Crippen molar-refractivity contribution in [1.82, 2.24) is 0 Å². The van der Waals surface area contributed by atoms with E-state index < -0.39 is 14.7 Å². The van der Waals surface area contributed by atoms with E-state index in [9.17, 15) is 0 Å². The molecule has 1 saturated heterocycles. The zero-order valence-corrected chi connectivity index (χ0v) is 8.16. The standard InChI is InChI=1S/C3H6O.3ClH.Ti/c1-3-2-4-3;;;;/h3H,2H2,1H3;3*1H;/q;;;;+3/p-3. The van der Waals surface area contributed by atoms with Crippen LogP contribution in [0.1, 0.15) is 6.92 Å². The van der Waals surface area contributed by atoms with E-state index in [-0.39, 0.29) is 0 Å². The molecule has 0 saturated carbocycles. The third kappa shape index (κ3) is 15.6. The van der Waals surface area contributed by atoms with Crippen LogP contribution in [0.25, 0.3) is 0 Å². The number of halogens is 3. The minimum atomic E-state index is -1.92. The van der Waals surface area contributed by atoms with E-state index in [1.54, 1.807) is 0 Å². The van der Waals surface area contributed by atoms with Crippen LogP contribution in [0.4, 0.5) is 0 Å². The number of rotatable bonds is 0. The molecule has 49 valence electrons. The van der Waals surface area contributed by atoms with Gasteiger partial charge < -0.3 is 4.74 Å². The molecule has 1 aliphatic rings. The van der Waals surface area contributed by atoms with Gasteiger partial charge in [0, 0.05) is 0 Å². The Kier molecular flexibility index (Phi) is 6.37. The molecule has 0 N–H and O–H groups in total. The number of hydrogen-bond donors (Lipinski definition) is 0. The van der Waals surface area contributed by atoms with Crippen LogP contribution in [-0.4, -0.2) is 12.7 Å². The molecule has 0 radical (unpaired) electrons. The van der Waals surface area contributed by atoms with E-state index in [2.05, 4.69) is 6.92 Å². The van der Waals surface area contributed by atoms with Crippen LogP contribution in [0, 0.1) is 0 Å². The van der Waals surface area contributed by atoms with E-state index >= 15 is 0 Å². The number of hydrogen-bond acceptors (Lipinski definition) is 1. The Hall–Kier alpha value is 1.54. The van der Waals surface area contributed by atoms with Gasteiger partial charge in [-0.1, -0.05) is 0 Å². The first kappa shape index (κ1) is 9.54. The Morgan fingerprint density at radius 3 is 1.62 bits per heavy atom. The molecule has 1 nitrogen and oxygen atoms in total. The van der Waals surface area contributed by atoms with Crippen molar-refractivity contribution in [3.63, 3.8) is 0 Å². The molecule has 0 bridgehead atoms. The molecule has 0 aromatic carbocycles. The van der Waals surface area contributed by atoms with Gasteiger partial charge in [-0.25, -0.2) is 0 Å². The van der Waals surface area contributed by atoms with Gasteiger partial charge in [0.15, 0.2) is 0 Å². The second kappa shape index (κ2) is 5.34. The van der Waals surface area contributed by atoms with Gasteiger partial charge in [0.1, 0.15) is 0 Å². The van der Waals surface area contributed by atoms with Gasteiger partial charge in [-0.15, -0.1) is 0 Å². The first-order valence-electron chi connectivity index (χ1n) is 2.08. The molecule has 8 heavy (non-hydrogen) atoms. The molecule has 1 fully saturated rings. The van der Waals surface area contributed by atoms with Crippen LogP contribution in [0.5, 0.6) is 0 Å². The third-order valence-electron chi connectivity index (χ3n) is 0.500. The van der Waals surface area contributed by atoms with E-state index in [4.69, 9.17) is 32.7 Å². The summed E-state index contributed by atoms with van der Waals surface area (Å²) in [7, 11) is 14.9. The average Bonchev–Trinajstić information content (AvgIpc) is 2.19.